The molecular formula is C16H19N3O2. The molecule has 1 saturated carbocycles. The van der Waals surface area contributed by atoms with Crippen molar-refractivity contribution in [1.29, 1.82) is 0 Å². The quantitative estimate of drug-likeness (QED) is 0.882. The van der Waals surface area contributed by atoms with Gasteiger partial charge in [0.2, 0.25) is 0 Å². The Bertz CT molecular complexity index is 621. The highest BCUT2D eigenvalue weighted by atomic mass is 16.5. The van der Waals surface area contributed by atoms with E-state index >= 15 is 0 Å². The maximum Gasteiger partial charge on any atom is 0.261 e. The molecule has 2 atom stereocenters. The molecule has 110 valence electrons. The molecule has 0 spiro atoms. The number of benzene rings is 1. The summed E-state index contributed by atoms with van der Waals surface area (Å²) in [5.74, 6) is 0.558. The van der Waals surface area contributed by atoms with Gasteiger partial charge in [-0.15, -0.1) is 0 Å². The van der Waals surface area contributed by atoms with Gasteiger partial charge in [-0.05, 0) is 30.2 Å². The number of aromatic nitrogens is 2. The summed E-state index contributed by atoms with van der Waals surface area (Å²) in [5.41, 5.74) is 5.82. The average Bonchev–Trinajstić information content (AvgIpc) is 2.96. The maximum absolute atomic E-state index is 11.6. The van der Waals surface area contributed by atoms with Crippen molar-refractivity contribution < 1.29 is 9.53 Å². The van der Waals surface area contributed by atoms with Crippen LogP contribution in [0, 0.1) is 5.92 Å². The summed E-state index contributed by atoms with van der Waals surface area (Å²) in [5, 5.41) is 4.17. The Balaban J connectivity index is 1.69. The van der Waals surface area contributed by atoms with Crippen LogP contribution >= 0.6 is 0 Å². The van der Waals surface area contributed by atoms with Crippen LogP contribution in [0.2, 0.25) is 0 Å². The molecule has 1 aromatic heterocycles. The van der Waals surface area contributed by atoms with Crippen LogP contribution in [0.5, 0.6) is 5.75 Å². The molecule has 1 amide bonds. The van der Waals surface area contributed by atoms with Gasteiger partial charge in [0.05, 0.1) is 6.54 Å². The number of carbonyl (C=O) groups is 1. The highest BCUT2D eigenvalue weighted by molar-refractivity contribution is 5.87. The molecule has 0 saturated heterocycles. The molecule has 1 aliphatic rings. The summed E-state index contributed by atoms with van der Waals surface area (Å²) in [7, 11) is 0. The van der Waals surface area contributed by atoms with Crippen LogP contribution in [-0.4, -0.2) is 21.3 Å². The second kappa shape index (κ2) is 5.24. The van der Waals surface area contributed by atoms with Gasteiger partial charge in [-0.1, -0.05) is 19.1 Å². The number of hydrogen-bond acceptors (Lipinski definition) is 3. The first-order valence-corrected chi connectivity index (χ1v) is 7.19. The number of nitrogens with two attached hydrogens (primary N) is 1. The van der Waals surface area contributed by atoms with Crippen LogP contribution in [0.3, 0.4) is 0 Å². The lowest BCUT2D eigenvalue weighted by molar-refractivity contribution is -0.127. The van der Waals surface area contributed by atoms with E-state index < -0.39 is 5.60 Å². The molecule has 2 unspecified atom stereocenters. The average molecular weight is 285 g/mol. The van der Waals surface area contributed by atoms with E-state index in [-0.39, 0.29) is 11.8 Å². The van der Waals surface area contributed by atoms with Crippen molar-refractivity contribution >= 4 is 5.91 Å². The smallest absolute Gasteiger partial charge is 0.261 e. The van der Waals surface area contributed by atoms with E-state index in [2.05, 4.69) is 5.10 Å². The first-order valence-electron chi connectivity index (χ1n) is 7.19. The molecular weight excluding hydrogens is 266 g/mol. The third kappa shape index (κ3) is 2.63. The predicted molar refractivity (Wildman–Crippen MR) is 78.7 cm³/mol. The number of nitrogens with zero attached hydrogens (tertiary/aromatic N) is 2. The summed E-state index contributed by atoms with van der Waals surface area (Å²) >= 11 is 0. The Hall–Kier alpha value is -2.30. The first kappa shape index (κ1) is 13.7. The van der Waals surface area contributed by atoms with Crippen molar-refractivity contribution in [3.05, 3.63) is 48.3 Å². The number of primary amides is 1. The fourth-order valence-electron chi connectivity index (χ4n) is 2.71. The largest absolute Gasteiger partial charge is 0.477 e. The summed E-state index contributed by atoms with van der Waals surface area (Å²) in [6.07, 6.45) is 5.29. The number of ether oxygens (including phenoxy) is 1. The Morgan fingerprint density at radius 3 is 2.76 bits per heavy atom. The number of rotatable bonds is 6. The van der Waals surface area contributed by atoms with Crippen molar-refractivity contribution in [3.8, 4) is 5.75 Å². The number of hydrogen-bond donors (Lipinski definition) is 1. The van der Waals surface area contributed by atoms with E-state index in [9.17, 15) is 4.79 Å². The number of amides is 1. The van der Waals surface area contributed by atoms with Gasteiger partial charge < -0.3 is 10.5 Å². The third-order valence-electron chi connectivity index (χ3n) is 4.09. The molecule has 0 aliphatic heterocycles. The Morgan fingerprint density at radius 2 is 2.24 bits per heavy atom. The molecule has 0 radical (unpaired) electrons. The van der Waals surface area contributed by atoms with E-state index in [0.29, 0.717) is 18.7 Å². The summed E-state index contributed by atoms with van der Waals surface area (Å²) in [6.45, 7) is 2.76. The molecule has 5 nitrogen and oxygen atoms in total. The lowest BCUT2D eigenvalue weighted by atomic mass is 10.2. The zero-order valence-corrected chi connectivity index (χ0v) is 12.0. The fourth-order valence-corrected chi connectivity index (χ4v) is 2.71. The van der Waals surface area contributed by atoms with Gasteiger partial charge in [0.25, 0.3) is 5.91 Å². The first-order chi connectivity index (χ1) is 10.1. The van der Waals surface area contributed by atoms with E-state index in [1.54, 1.807) is 6.20 Å². The van der Waals surface area contributed by atoms with Crippen molar-refractivity contribution in [3.63, 3.8) is 0 Å². The van der Waals surface area contributed by atoms with Gasteiger partial charge in [0, 0.05) is 24.7 Å². The minimum atomic E-state index is -0.793. The highest BCUT2D eigenvalue weighted by Gasteiger charge is 2.61. The third-order valence-corrected chi connectivity index (χ3v) is 4.09. The molecule has 21 heavy (non-hydrogen) atoms. The molecule has 2 N–H and O–H groups in total. The molecule has 2 aromatic rings. The summed E-state index contributed by atoms with van der Waals surface area (Å²) in [6, 6.07) is 9.62. The Kier molecular flexibility index (Phi) is 3.41. The van der Waals surface area contributed by atoms with Crippen LogP contribution < -0.4 is 10.5 Å². The summed E-state index contributed by atoms with van der Waals surface area (Å²) < 4.78 is 7.73. The zero-order valence-electron chi connectivity index (χ0n) is 12.0. The lowest BCUT2D eigenvalue weighted by Crippen LogP contribution is -2.38. The van der Waals surface area contributed by atoms with Gasteiger partial charge in [-0.3, -0.25) is 9.48 Å². The van der Waals surface area contributed by atoms with Crippen LogP contribution in [-0.2, 0) is 11.3 Å². The van der Waals surface area contributed by atoms with Crippen LogP contribution in [0.15, 0.2) is 42.7 Å². The van der Waals surface area contributed by atoms with Crippen molar-refractivity contribution in [2.24, 2.45) is 11.7 Å². The monoisotopic (exact) mass is 285 g/mol. The van der Waals surface area contributed by atoms with Gasteiger partial charge in [0.15, 0.2) is 5.60 Å². The molecule has 0 bridgehead atoms. The zero-order chi connectivity index (χ0) is 14.9. The van der Waals surface area contributed by atoms with E-state index in [4.69, 9.17) is 10.5 Å². The van der Waals surface area contributed by atoms with Crippen LogP contribution in [0.1, 0.15) is 25.3 Å². The minimum Gasteiger partial charge on any atom is -0.477 e. The van der Waals surface area contributed by atoms with Gasteiger partial charge >= 0.3 is 0 Å². The lowest BCUT2D eigenvalue weighted by Gasteiger charge is -2.16. The van der Waals surface area contributed by atoms with Crippen molar-refractivity contribution in [2.45, 2.75) is 31.9 Å². The van der Waals surface area contributed by atoms with Gasteiger partial charge in [-0.2, -0.15) is 5.10 Å². The molecule has 3 rings (SSSR count). The van der Waals surface area contributed by atoms with E-state index in [0.717, 1.165) is 12.0 Å². The topological polar surface area (TPSA) is 70.1 Å². The second-order valence-electron chi connectivity index (χ2n) is 5.51. The molecule has 1 fully saturated rings. The Morgan fingerprint density at radius 1 is 1.48 bits per heavy atom. The standard InChI is InChI=1S/C16H19N3O2/c1-2-13-10-16(13,15(17)20)21-14-6-4-12(5-7-14)11-19-9-3-8-18-19/h3-9,13H,2,10-11H2,1H3,(H2,17,20). The van der Waals surface area contributed by atoms with Crippen LogP contribution in [0.4, 0.5) is 0 Å². The van der Waals surface area contributed by atoms with E-state index in [1.807, 2.05) is 48.1 Å². The molecule has 1 aliphatic carbocycles. The SMILES string of the molecule is CCC1CC1(Oc1ccc(Cn2cccn2)cc1)C(N)=O. The highest BCUT2D eigenvalue weighted by Crippen LogP contribution is 2.48. The van der Waals surface area contributed by atoms with Crippen molar-refractivity contribution in [2.75, 3.05) is 0 Å². The van der Waals surface area contributed by atoms with Crippen molar-refractivity contribution in [1.82, 2.24) is 9.78 Å². The van der Waals surface area contributed by atoms with E-state index in [1.165, 1.54) is 0 Å². The van der Waals surface area contributed by atoms with Gasteiger partial charge in [-0.25, -0.2) is 0 Å². The normalized spacial score (nSPS) is 23.8. The molecule has 1 aromatic carbocycles. The van der Waals surface area contributed by atoms with Gasteiger partial charge in [0.1, 0.15) is 5.75 Å². The maximum atomic E-state index is 11.6. The number of carbonyl (C=O) groups excluding carboxylic acids is 1. The second-order valence-corrected chi connectivity index (χ2v) is 5.51. The predicted octanol–water partition coefficient (Wildman–Crippen LogP) is 1.96. The van der Waals surface area contributed by atoms with Crippen LogP contribution in [0.25, 0.3) is 0 Å². The minimum absolute atomic E-state index is 0.235. The summed E-state index contributed by atoms with van der Waals surface area (Å²) in [4.78, 5) is 11.6. The molecule has 5 heteroatoms. The fraction of sp³-hybridized carbons (Fsp3) is 0.375. The Labute approximate surface area is 123 Å². The molecule has 1 heterocycles.